The summed E-state index contributed by atoms with van der Waals surface area (Å²) in [6.07, 6.45) is 6.27. The molecule has 1 rings (SSSR count). The highest BCUT2D eigenvalue weighted by Crippen LogP contribution is 2.10. The molecule has 0 aliphatic heterocycles. The third kappa shape index (κ3) is 11.1. The number of likely N-dealkylation sites (N-methyl/N-ethyl adjacent to an activating group) is 1. The first-order valence-corrected chi connectivity index (χ1v) is 9.02. The first-order chi connectivity index (χ1) is 13.2. The van der Waals surface area contributed by atoms with Crippen molar-refractivity contribution in [2.45, 2.75) is 26.8 Å². The van der Waals surface area contributed by atoms with Crippen molar-refractivity contribution >= 4 is 18.9 Å². The van der Waals surface area contributed by atoms with Gasteiger partial charge in [0.25, 0.3) is 0 Å². The van der Waals surface area contributed by atoms with Gasteiger partial charge in [-0.2, -0.15) is 0 Å². The highest BCUT2D eigenvalue weighted by Gasteiger charge is 2.20. The Labute approximate surface area is 161 Å². The molecule has 152 valence electrons. The summed E-state index contributed by atoms with van der Waals surface area (Å²) in [4.78, 5) is 22.3. The average molecular weight is 382 g/mol. The Morgan fingerprint density at radius 1 is 1.41 bits per heavy atom. The fourth-order valence-electron chi connectivity index (χ4n) is 2.15. The molecule has 9 heteroatoms. The Hall–Kier alpha value is -2.26. The molecule has 1 aromatic heterocycles. The van der Waals surface area contributed by atoms with Crippen molar-refractivity contribution in [2.24, 2.45) is 9.98 Å². The van der Waals surface area contributed by atoms with Crippen molar-refractivity contribution in [3.8, 4) is 0 Å². The second kappa shape index (κ2) is 17.2. The number of halogens is 1. The van der Waals surface area contributed by atoms with E-state index in [1.54, 1.807) is 12.4 Å². The lowest BCUT2D eigenvalue weighted by Crippen LogP contribution is -2.47. The fraction of sp³-hybridized carbons (Fsp3) is 0.611. The number of alkyl halides is 1. The van der Waals surface area contributed by atoms with E-state index in [0.717, 1.165) is 5.57 Å². The summed E-state index contributed by atoms with van der Waals surface area (Å²) in [6, 6.07) is -0.0550. The maximum atomic E-state index is 12.3. The number of nitrogens with one attached hydrogen (secondary N) is 1. The Morgan fingerprint density at radius 2 is 2.11 bits per heavy atom. The lowest BCUT2D eigenvalue weighted by Gasteiger charge is -2.31. The molecule has 1 aromatic rings. The fourth-order valence-corrected chi connectivity index (χ4v) is 2.15. The second-order valence-electron chi connectivity index (χ2n) is 5.20. The van der Waals surface area contributed by atoms with Crippen LogP contribution in [-0.2, 0) is 4.74 Å². The molecule has 0 aliphatic carbocycles. The molecule has 0 saturated carbocycles. The summed E-state index contributed by atoms with van der Waals surface area (Å²) in [5.74, 6) is 0.536. The minimum absolute atomic E-state index is 0.0550. The first kappa shape index (κ1) is 24.7. The molecule has 0 fully saturated rings. The van der Waals surface area contributed by atoms with E-state index in [9.17, 15) is 4.39 Å². The van der Waals surface area contributed by atoms with Gasteiger partial charge in [0.1, 0.15) is 19.3 Å². The Balaban J connectivity index is 0.00000326. The predicted octanol–water partition coefficient (Wildman–Crippen LogP) is 1.95. The summed E-state index contributed by atoms with van der Waals surface area (Å²) < 4.78 is 17.7. The lowest BCUT2D eigenvalue weighted by molar-refractivity contribution is 0.105. The van der Waals surface area contributed by atoms with Crippen LogP contribution in [0, 0.1) is 0 Å². The van der Waals surface area contributed by atoms with Crippen molar-refractivity contribution in [1.82, 2.24) is 20.3 Å². The molecule has 0 amide bonds. The van der Waals surface area contributed by atoms with Gasteiger partial charge in [-0.05, 0) is 26.3 Å². The number of aliphatic imine (C=N–C) groups is 2. The quantitative estimate of drug-likeness (QED) is 0.415. The molecule has 0 aliphatic rings. The molecule has 1 N–H and O–H groups in total. The van der Waals surface area contributed by atoms with E-state index in [-0.39, 0.29) is 12.6 Å². The summed E-state index contributed by atoms with van der Waals surface area (Å²) in [6.45, 7) is 11.0. The Kier molecular flexibility index (Phi) is 15.7. The van der Waals surface area contributed by atoms with Gasteiger partial charge >= 0.3 is 0 Å². The summed E-state index contributed by atoms with van der Waals surface area (Å²) in [5.41, 5.74) is 0.916. The predicted molar refractivity (Wildman–Crippen MR) is 110 cm³/mol. The standard InChI is InChI=1S/C16H26FN7O.C2H6/c1-14(8-18-2)9-20-5-6-24(16-22-12-21-13-23-16)15(10-19-3)11-25-7-4-17;1-2/h8-9,12-13,15,19H,2,4-7,10-11H2,1,3H3;1-2H3/b14-8-,20-9?;. The third-order valence-electron chi connectivity index (χ3n) is 3.21. The van der Waals surface area contributed by atoms with Gasteiger partial charge in [0.05, 0.1) is 25.8 Å². The van der Waals surface area contributed by atoms with Crippen LogP contribution >= 0.6 is 0 Å². The molecule has 0 saturated heterocycles. The minimum atomic E-state index is -0.509. The van der Waals surface area contributed by atoms with Crippen LogP contribution in [0.15, 0.2) is 34.4 Å². The molecule has 27 heavy (non-hydrogen) atoms. The van der Waals surface area contributed by atoms with E-state index in [4.69, 9.17) is 4.74 Å². The normalized spacial score (nSPS) is 12.4. The number of anilines is 1. The van der Waals surface area contributed by atoms with Crippen LogP contribution in [0.2, 0.25) is 0 Å². The largest absolute Gasteiger partial charge is 0.377 e. The Bertz CT molecular complexity index is 540. The molecule has 0 aromatic carbocycles. The van der Waals surface area contributed by atoms with Gasteiger partial charge in [-0.25, -0.2) is 19.3 Å². The number of rotatable bonds is 13. The average Bonchev–Trinajstić information content (AvgIpc) is 2.70. The van der Waals surface area contributed by atoms with Gasteiger partial charge in [-0.15, -0.1) is 0 Å². The number of allylic oxidation sites excluding steroid dienone is 1. The van der Waals surface area contributed by atoms with Gasteiger partial charge in [-0.3, -0.25) is 9.98 Å². The van der Waals surface area contributed by atoms with Crippen molar-refractivity contribution < 1.29 is 9.13 Å². The molecule has 0 spiro atoms. The van der Waals surface area contributed by atoms with E-state index in [1.165, 1.54) is 12.7 Å². The van der Waals surface area contributed by atoms with Crippen LogP contribution in [0.3, 0.4) is 0 Å². The maximum Gasteiger partial charge on any atom is 0.228 e. The molecule has 0 bridgehead atoms. The Morgan fingerprint density at radius 3 is 2.70 bits per heavy atom. The number of aromatic nitrogens is 3. The van der Waals surface area contributed by atoms with Gasteiger partial charge in [0.15, 0.2) is 0 Å². The maximum absolute atomic E-state index is 12.3. The monoisotopic (exact) mass is 381 g/mol. The number of hydrogen-bond donors (Lipinski definition) is 1. The zero-order valence-corrected chi connectivity index (χ0v) is 16.8. The zero-order chi connectivity index (χ0) is 20.3. The summed E-state index contributed by atoms with van der Waals surface area (Å²) in [7, 11) is 1.85. The molecule has 8 nitrogen and oxygen atoms in total. The number of nitrogens with zero attached hydrogens (tertiary/aromatic N) is 6. The van der Waals surface area contributed by atoms with Crippen LogP contribution in [0.25, 0.3) is 0 Å². The summed E-state index contributed by atoms with van der Waals surface area (Å²) in [5, 5.41) is 3.12. The third-order valence-corrected chi connectivity index (χ3v) is 3.21. The molecule has 1 atom stereocenters. The van der Waals surface area contributed by atoms with Crippen LogP contribution in [0.4, 0.5) is 10.3 Å². The van der Waals surface area contributed by atoms with E-state index in [1.807, 2.05) is 32.7 Å². The summed E-state index contributed by atoms with van der Waals surface area (Å²) >= 11 is 0. The molecular formula is C18H32FN7O. The minimum Gasteiger partial charge on any atom is -0.377 e. The highest BCUT2D eigenvalue weighted by molar-refractivity contribution is 5.77. The van der Waals surface area contributed by atoms with Gasteiger partial charge in [0, 0.05) is 25.5 Å². The van der Waals surface area contributed by atoms with Crippen molar-refractivity contribution in [3.05, 3.63) is 24.4 Å². The van der Waals surface area contributed by atoms with Gasteiger partial charge in [0.2, 0.25) is 5.95 Å². The van der Waals surface area contributed by atoms with Crippen molar-refractivity contribution in [2.75, 3.05) is 51.5 Å². The molecule has 1 heterocycles. The lowest BCUT2D eigenvalue weighted by atomic mass is 10.2. The molecule has 0 radical (unpaired) electrons. The van der Waals surface area contributed by atoms with E-state index < -0.39 is 6.67 Å². The van der Waals surface area contributed by atoms with E-state index >= 15 is 0 Å². The second-order valence-corrected chi connectivity index (χ2v) is 5.20. The van der Waals surface area contributed by atoms with Crippen molar-refractivity contribution in [3.63, 3.8) is 0 Å². The van der Waals surface area contributed by atoms with E-state index in [2.05, 4.69) is 37.0 Å². The van der Waals surface area contributed by atoms with Gasteiger partial charge < -0.3 is 15.0 Å². The first-order valence-electron chi connectivity index (χ1n) is 9.02. The van der Waals surface area contributed by atoms with Crippen LogP contribution in [0.1, 0.15) is 20.8 Å². The number of ether oxygens (including phenoxy) is 1. The molecular weight excluding hydrogens is 349 g/mol. The van der Waals surface area contributed by atoms with Gasteiger partial charge in [-0.1, -0.05) is 13.8 Å². The SMILES string of the molecule is C=N/C=C(/C)C=NCCN(c1ncncn1)C(CNC)COCCF.CC. The van der Waals surface area contributed by atoms with Crippen LogP contribution < -0.4 is 10.2 Å². The highest BCUT2D eigenvalue weighted by atomic mass is 19.1. The molecule has 1 unspecified atom stereocenters. The topological polar surface area (TPSA) is 87.9 Å². The number of hydrogen-bond acceptors (Lipinski definition) is 8. The van der Waals surface area contributed by atoms with Crippen molar-refractivity contribution in [1.29, 1.82) is 0 Å². The van der Waals surface area contributed by atoms with Crippen LogP contribution in [0.5, 0.6) is 0 Å². The smallest absolute Gasteiger partial charge is 0.228 e. The van der Waals surface area contributed by atoms with E-state index in [0.29, 0.717) is 32.2 Å². The zero-order valence-electron chi connectivity index (χ0n) is 16.8. The van der Waals surface area contributed by atoms with Crippen LogP contribution in [-0.4, -0.2) is 80.5 Å².